The second kappa shape index (κ2) is 8.16. The predicted octanol–water partition coefficient (Wildman–Crippen LogP) is 2.74. The first-order chi connectivity index (χ1) is 10.6. The van der Waals surface area contributed by atoms with E-state index in [1.165, 1.54) is 0 Å². The summed E-state index contributed by atoms with van der Waals surface area (Å²) >= 11 is 3.66. The van der Waals surface area contributed by atoms with E-state index in [4.69, 9.17) is 11.2 Å². The quantitative estimate of drug-likeness (QED) is 0.494. The highest BCUT2D eigenvalue weighted by molar-refractivity contribution is 8.21. The van der Waals surface area contributed by atoms with Crippen LogP contribution in [0.1, 0.15) is 18.9 Å². The Bertz CT molecular complexity index is 590. The van der Waals surface area contributed by atoms with E-state index >= 15 is 0 Å². The number of amides is 1. The van der Waals surface area contributed by atoms with Crippen molar-refractivity contribution in [1.29, 1.82) is 0 Å². The van der Waals surface area contributed by atoms with Gasteiger partial charge >= 0.3 is 0 Å². The number of terminal acetylenes is 1. The van der Waals surface area contributed by atoms with Gasteiger partial charge in [-0.05, 0) is 24.6 Å². The van der Waals surface area contributed by atoms with Gasteiger partial charge in [-0.25, -0.2) is 5.43 Å². The average Bonchev–Trinajstić information content (AvgIpc) is 2.91. The fourth-order valence-corrected chi connectivity index (χ4v) is 4.81. The van der Waals surface area contributed by atoms with Crippen LogP contribution in [0.3, 0.4) is 0 Å². The third-order valence-electron chi connectivity index (χ3n) is 2.96. The zero-order valence-corrected chi connectivity index (χ0v) is 14.0. The lowest BCUT2D eigenvalue weighted by Crippen LogP contribution is -2.26. The van der Waals surface area contributed by atoms with Crippen LogP contribution in [0.25, 0.3) is 0 Å². The zero-order valence-electron chi connectivity index (χ0n) is 12.4. The topological polar surface area (TPSA) is 50.7 Å². The van der Waals surface area contributed by atoms with Crippen LogP contribution in [0.15, 0.2) is 29.4 Å². The maximum Gasteiger partial charge on any atom is 0.242 e. The molecule has 22 heavy (non-hydrogen) atoms. The Balaban J connectivity index is 1.84. The maximum atomic E-state index is 11.9. The van der Waals surface area contributed by atoms with Crippen molar-refractivity contribution in [3.63, 3.8) is 0 Å². The summed E-state index contributed by atoms with van der Waals surface area (Å²) in [6.45, 7) is 2.33. The number of hydrogen-bond acceptors (Lipinski definition) is 5. The van der Waals surface area contributed by atoms with Crippen molar-refractivity contribution in [2.24, 2.45) is 5.10 Å². The molecular formula is C16H18N2O2S2. The minimum Gasteiger partial charge on any atom is -0.481 e. The van der Waals surface area contributed by atoms with Crippen LogP contribution in [-0.2, 0) is 4.79 Å². The molecule has 1 aromatic carbocycles. The molecule has 1 N–H and O–H groups in total. The molecule has 1 saturated heterocycles. The van der Waals surface area contributed by atoms with Crippen LogP contribution in [0, 0.1) is 12.3 Å². The number of rotatable bonds is 6. The van der Waals surface area contributed by atoms with Crippen LogP contribution in [0.4, 0.5) is 0 Å². The molecule has 0 radical (unpaired) electrons. The van der Waals surface area contributed by atoms with E-state index in [1.807, 2.05) is 47.8 Å². The summed E-state index contributed by atoms with van der Waals surface area (Å²) in [4.78, 5) is 11.9. The van der Waals surface area contributed by atoms with Gasteiger partial charge in [0.1, 0.15) is 12.4 Å². The van der Waals surface area contributed by atoms with E-state index in [1.54, 1.807) is 6.21 Å². The average molecular weight is 334 g/mol. The van der Waals surface area contributed by atoms with Crippen molar-refractivity contribution in [1.82, 2.24) is 5.43 Å². The van der Waals surface area contributed by atoms with Gasteiger partial charge < -0.3 is 4.74 Å². The third-order valence-corrected chi connectivity index (χ3v) is 6.25. The molecule has 0 bridgehead atoms. The van der Waals surface area contributed by atoms with Crippen molar-refractivity contribution in [3.8, 4) is 18.1 Å². The summed E-state index contributed by atoms with van der Waals surface area (Å²) in [6, 6.07) is 7.36. The van der Waals surface area contributed by atoms with Crippen LogP contribution in [0.5, 0.6) is 5.75 Å². The van der Waals surface area contributed by atoms with E-state index in [2.05, 4.69) is 23.4 Å². The molecule has 1 fully saturated rings. The highest BCUT2D eigenvalue weighted by Gasteiger charge is 2.32. The first kappa shape index (κ1) is 16.8. The number of carbonyl (C=O) groups excluding carboxylic acids is 1. The number of ether oxygens (including phenoxy) is 1. The SMILES string of the molecule is C#CCOc1cccc(/C=N\NC(=O)CC2(C)SCCS2)c1. The van der Waals surface area contributed by atoms with Gasteiger partial charge in [0.2, 0.25) is 5.91 Å². The second-order valence-corrected chi connectivity index (χ2v) is 8.32. The molecule has 0 atom stereocenters. The van der Waals surface area contributed by atoms with Crippen molar-refractivity contribution in [3.05, 3.63) is 29.8 Å². The summed E-state index contributed by atoms with van der Waals surface area (Å²) in [6.07, 6.45) is 7.21. The van der Waals surface area contributed by atoms with Gasteiger partial charge in [0, 0.05) is 11.5 Å². The number of nitrogens with zero attached hydrogens (tertiary/aromatic N) is 1. The third kappa shape index (κ3) is 5.32. The molecule has 1 amide bonds. The zero-order chi connectivity index (χ0) is 15.8. The molecule has 1 aromatic rings. The number of nitrogens with one attached hydrogen (secondary N) is 1. The lowest BCUT2D eigenvalue weighted by molar-refractivity contribution is -0.121. The van der Waals surface area contributed by atoms with Gasteiger partial charge in [0.25, 0.3) is 0 Å². The minimum atomic E-state index is -0.0691. The van der Waals surface area contributed by atoms with Crippen molar-refractivity contribution in [2.75, 3.05) is 18.1 Å². The maximum absolute atomic E-state index is 11.9. The molecule has 1 aliphatic rings. The molecule has 4 nitrogen and oxygen atoms in total. The molecule has 0 saturated carbocycles. The minimum absolute atomic E-state index is 0.0252. The Hall–Kier alpha value is -1.58. The molecule has 0 aromatic heterocycles. The summed E-state index contributed by atoms with van der Waals surface area (Å²) in [5, 5.41) is 4.00. The predicted molar refractivity (Wildman–Crippen MR) is 94.4 cm³/mol. The number of hydrogen-bond donors (Lipinski definition) is 1. The number of benzene rings is 1. The smallest absolute Gasteiger partial charge is 0.242 e. The summed E-state index contributed by atoms with van der Waals surface area (Å²) < 4.78 is 5.31. The van der Waals surface area contributed by atoms with Crippen molar-refractivity contribution in [2.45, 2.75) is 17.4 Å². The van der Waals surface area contributed by atoms with Crippen LogP contribution in [0.2, 0.25) is 0 Å². The molecule has 6 heteroatoms. The lowest BCUT2D eigenvalue weighted by Gasteiger charge is -2.19. The van der Waals surface area contributed by atoms with Gasteiger partial charge in [-0.3, -0.25) is 4.79 Å². The van der Waals surface area contributed by atoms with E-state index in [0.717, 1.165) is 17.1 Å². The van der Waals surface area contributed by atoms with Crippen molar-refractivity contribution < 1.29 is 9.53 Å². The molecule has 0 spiro atoms. The van der Waals surface area contributed by atoms with Crippen molar-refractivity contribution >= 4 is 35.6 Å². The normalized spacial score (nSPS) is 16.4. The Morgan fingerprint density at radius 2 is 2.32 bits per heavy atom. The number of carbonyl (C=O) groups is 1. The Labute approximate surface area is 139 Å². The molecular weight excluding hydrogens is 316 g/mol. The van der Waals surface area contributed by atoms with E-state index in [9.17, 15) is 4.79 Å². The van der Waals surface area contributed by atoms with E-state index < -0.39 is 0 Å². The second-order valence-electron chi connectivity index (χ2n) is 4.87. The van der Waals surface area contributed by atoms with Crippen LogP contribution in [-0.4, -0.2) is 34.3 Å². The van der Waals surface area contributed by atoms with Crippen LogP contribution >= 0.6 is 23.5 Å². The summed E-state index contributed by atoms with van der Waals surface area (Å²) in [5.41, 5.74) is 3.42. The molecule has 116 valence electrons. The molecule has 1 heterocycles. The Kier molecular flexibility index (Phi) is 6.22. The van der Waals surface area contributed by atoms with Gasteiger partial charge in [0.05, 0.1) is 16.7 Å². The van der Waals surface area contributed by atoms with E-state index in [-0.39, 0.29) is 16.6 Å². The largest absolute Gasteiger partial charge is 0.481 e. The summed E-state index contributed by atoms with van der Waals surface area (Å²) in [7, 11) is 0. The van der Waals surface area contributed by atoms with Gasteiger partial charge in [0.15, 0.2) is 0 Å². The fourth-order valence-electron chi connectivity index (χ4n) is 1.98. The van der Waals surface area contributed by atoms with Gasteiger partial charge in [-0.15, -0.1) is 29.9 Å². The number of thioether (sulfide) groups is 2. The first-order valence-electron chi connectivity index (χ1n) is 6.87. The highest BCUT2D eigenvalue weighted by Crippen LogP contribution is 2.45. The summed E-state index contributed by atoms with van der Waals surface area (Å²) in [5.74, 6) is 5.22. The van der Waals surface area contributed by atoms with Gasteiger partial charge in [-0.2, -0.15) is 5.10 Å². The van der Waals surface area contributed by atoms with E-state index in [0.29, 0.717) is 12.2 Å². The Morgan fingerprint density at radius 3 is 3.05 bits per heavy atom. The molecule has 2 rings (SSSR count). The van der Waals surface area contributed by atoms with Gasteiger partial charge in [-0.1, -0.05) is 18.1 Å². The lowest BCUT2D eigenvalue weighted by atomic mass is 10.2. The highest BCUT2D eigenvalue weighted by atomic mass is 32.2. The standard InChI is InChI=1S/C16H18N2O2S2/c1-3-7-20-14-6-4-5-13(10-14)12-17-18-15(19)11-16(2)21-8-9-22-16/h1,4-6,10,12H,7-9,11H2,2H3,(H,18,19)/b17-12-. The molecule has 0 unspecified atom stereocenters. The Morgan fingerprint density at radius 1 is 1.55 bits per heavy atom. The fraction of sp³-hybridized carbons (Fsp3) is 0.375. The molecule has 1 aliphatic heterocycles. The first-order valence-corrected chi connectivity index (χ1v) is 8.84. The monoisotopic (exact) mass is 334 g/mol. The number of hydrazone groups is 1. The molecule has 0 aliphatic carbocycles. The van der Waals surface area contributed by atoms with Crippen LogP contribution < -0.4 is 10.2 Å².